The van der Waals surface area contributed by atoms with Crippen LogP contribution in [0.25, 0.3) is 10.9 Å². The molecule has 0 bridgehead atoms. The number of H-pyrrole nitrogens is 1. The van der Waals surface area contributed by atoms with Crippen molar-refractivity contribution in [2.45, 2.75) is 24.9 Å². The number of rotatable bonds is 3. The molecule has 0 radical (unpaired) electrons. The third kappa shape index (κ3) is 3.35. The topological polar surface area (TPSA) is 85.5 Å². The number of likely N-dealkylation sites (tertiary alicyclic amines) is 1. The molecule has 1 spiro atoms. The van der Waals surface area contributed by atoms with Crippen molar-refractivity contribution in [2.24, 2.45) is 0 Å². The lowest BCUT2D eigenvalue weighted by Gasteiger charge is -2.37. The van der Waals surface area contributed by atoms with E-state index in [0.717, 1.165) is 16.5 Å². The zero-order chi connectivity index (χ0) is 21.6. The van der Waals surface area contributed by atoms with Crippen LogP contribution in [0.5, 0.6) is 0 Å². The van der Waals surface area contributed by atoms with E-state index in [4.69, 9.17) is 11.6 Å². The van der Waals surface area contributed by atoms with Crippen LogP contribution in [0.15, 0.2) is 54.7 Å². The highest BCUT2D eigenvalue weighted by molar-refractivity contribution is 6.30. The highest BCUT2D eigenvalue weighted by atomic mass is 35.5. The number of carbonyl (C=O) groups excluding carboxylic acids is 3. The molecule has 0 atom stereocenters. The molecule has 7 nitrogen and oxygen atoms in total. The number of aromatic nitrogens is 1. The summed E-state index contributed by atoms with van der Waals surface area (Å²) in [7, 11) is 0. The van der Waals surface area contributed by atoms with E-state index in [9.17, 15) is 14.4 Å². The Kier molecular flexibility index (Phi) is 4.70. The van der Waals surface area contributed by atoms with Crippen LogP contribution in [-0.4, -0.2) is 51.3 Å². The molecule has 2 fully saturated rings. The van der Waals surface area contributed by atoms with Crippen LogP contribution < -0.4 is 5.32 Å². The van der Waals surface area contributed by atoms with Crippen LogP contribution >= 0.6 is 11.6 Å². The third-order valence-corrected chi connectivity index (χ3v) is 6.48. The monoisotopic (exact) mass is 436 g/mol. The summed E-state index contributed by atoms with van der Waals surface area (Å²) in [5.74, 6) is -0.297. The molecule has 2 aliphatic heterocycles. The smallest absolute Gasteiger partial charge is 0.325 e. The first-order valence-corrected chi connectivity index (χ1v) is 10.6. The van der Waals surface area contributed by atoms with Crippen LogP contribution in [0.4, 0.5) is 4.79 Å². The quantitative estimate of drug-likeness (QED) is 0.616. The highest BCUT2D eigenvalue weighted by Gasteiger charge is 2.52. The van der Waals surface area contributed by atoms with Gasteiger partial charge in [-0.2, -0.15) is 0 Å². The number of nitrogens with zero attached hydrogens (tertiary/aromatic N) is 2. The molecule has 5 rings (SSSR count). The highest BCUT2D eigenvalue weighted by Crippen LogP contribution is 2.31. The molecule has 3 heterocycles. The van der Waals surface area contributed by atoms with Crippen molar-refractivity contribution in [3.05, 3.63) is 70.9 Å². The van der Waals surface area contributed by atoms with Crippen molar-refractivity contribution in [3.63, 3.8) is 0 Å². The molecule has 158 valence electrons. The predicted molar refractivity (Wildman–Crippen MR) is 117 cm³/mol. The van der Waals surface area contributed by atoms with Crippen LogP contribution in [-0.2, 0) is 11.3 Å². The van der Waals surface area contributed by atoms with E-state index in [1.807, 2.05) is 24.3 Å². The van der Waals surface area contributed by atoms with Gasteiger partial charge in [-0.15, -0.1) is 0 Å². The zero-order valence-electron chi connectivity index (χ0n) is 16.7. The maximum Gasteiger partial charge on any atom is 0.325 e. The number of para-hydroxylation sites is 1. The summed E-state index contributed by atoms with van der Waals surface area (Å²) >= 11 is 5.92. The molecule has 2 aliphatic rings. The largest absolute Gasteiger partial charge is 0.360 e. The Bertz CT molecular complexity index is 1180. The minimum absolute atomic E-state index is 0.0675. The zero-order valence-corrected chi connectivity index (χ0v) is 17.5. The Morgan fingerprint density at radius 3 is 2.48 bits per heavy atom. The summed E-state index contributed by atoms with van der Waals surface area (Å²) in [6.07, 6.45) is 2.51. The molecule has 8 heteroatoms. The van der Waals surface area contributed by atoms with Gasteiger partial charge in [0.1, 0.15) is 5.54 Å². The standard InChI is InChI=1S/C23H21ClN4O3/c24-16-7-5-15(6-8-16)14-28-21(30)23(26-22(28)31)9-11-27(12-10-23)20(29)18-13-25-19-4-2-1-3-17(18)19/h1-8,13,25H,9-12,14H2,(H,26,31). The molecule has 0 aliphatic carbocycles. The van der Waals surface area contributed by atoms with Gasteiger partial charge in [-0.1, -0.05) is 41.9 Å². The summed E-state index contributed by atoms with van der Waals surface area (Å²) in [5, 5.41) is 4.38. The van der Waals surface area contributed by atoms with E-state index in [-0.39, 0.29) is 18.4 Å². The lowest BCUT2D eigenvalue weighted by atomic mass is 9.87. The van der Waals surface area contributed by atoms with Crippen molar-refractivity contribution >= 4 is 40.3 Å². The van der Waals surface area contributed by atoms with E-state index < -0.39 is 11.6 Å². The number of amides is 4. The van der Waals surface area contributed by atoms with Gasteiger partial charge in [-0.3, -0.25) is 14.5 Å². The Hall–Kier alpha value is -3.32. The molecule has 2 N–H and O–H groups in total. The van der Waals surface area contributed by atoms with Crippen LogP contribution in [0.2, 0.25) is 5.02 Å². The normalized spacial score (nSPS) is 18.1. The van der Waals surface area contributed by atoms with Gasteiger partial charge >= 0.3 is 6.03 Å². The van der Waals surface area contributed by atoms with Crippen molar-refractivity contribution in [1.82, 2.24) is 20.1 Å². The fourth-order valence-corrected chi connectivity index (χ4v) is 4.57. The number of urea groups is 1. The SMILES string of the molecule is O=C(c1c[nH]c2ccccc12)N1CCC2(CC1)NC(=O)N(Cc1ccc(Cl)cc1)C2=O. The van der Waals surface area contributed by atoms with Crippen molar-refractivity contribution in [2.75, 3.05) is 13.1 Å². The van der Waals surface area contributed by atoms with Gasteiger partial charge in [0.2, 0.25) is 0 Å². The van der Waals surface area contributed by atoms with Crippen LogP contribution in [0.1, 0.15) is 28.8 Å². The fraction of sp³-hybridized carbons (Fsp3) is 0.261. The van der Waals surface area contributed by atoms with Crippen molar-refractivity contribution < 1.29 is 14.4 Å². The average molecular weight is 437 g/mol. The minimum atomic E-state index is -0.944. The van der Waals surface area contributed by atoms with E-state index in [1.165, 1.54) is 4.90 Å². The number of benzene rings is 2. The van der Waals surface area contributed by atoms with Gasteiger partial charge in [0.25, 0.3) is 11.8 Å². The number of hydrogen-bond acceptors (Lipinski definition) is 3. The van der Waals surface area contributed by atoms with E-state index in [0.29, 0.717) is 36.5 Å². The van der Waals surface area contributed by atoms with Gasteiger partial charge in [0.05, 0.1) is 12.1 Å². The molecule has 1 aromatic heterocycles. The second-order valence-electron chi connectivity index (χ2n) is 8.07. The number of imide groups is 1. The Morgan fingerprint density at radius 2 is 1.74 bits per heavy atom. The summed E-state index contributed by atoms with van der Waals surface area (Å²) in [6.45, 7) is 1.000. The average Bonchev–Trinajstić information content (AvgIpc) is 3.30. The molecular weight excluding hydrogens is 416 g/mol. The molecular formula is C23H21ClN4O3. The number of carbonyl (C=O) groups is 3. The van der Waals surface area contributed by atoms with Gasteiger partial charge in [0, 0.05) is 35.2 Å². The van der Waals surface area contributed by atoms with Gasteiger partial charge < -0.3 is 15.2 Å². The maximum absolute atomic E-state index is 13.2. The molecule has 3 aromatic rings. The Labute approximate surface area is 184 Å². The van der Waals surface area contributed by atoms with Crippen molar-refractivity contribution in [3.8, 4) is 0 Å². The number of piperidine rings is 1. The molecule has 0 unspecified atom stereocenters. The lowest BCUT2D eigenvalue weighted by molar-refractivity contribution is -0.133. The Morgan fingerprint density at radius 1 is 1.03 bits per heavy atom. The molecule has 2 aromatic carbocycles. The second kappa shape index (κ2) is 7.42. The van der Waals surface area contributed by atoms with E-state index in [1.54, 1.807) is 35.4 Å². The summed E-state index contributed by atoms with van der Waals surface area (Å²) < 4.78 is 0. The fourth-order valence-electron chi connectivity index (χ4n) is 4.44. The van der Waals surface area contributed by atoms with Crippen LogP contribution in [0.3, 0.4) is 0 Å². The molecule has 0 saturated carbocycles. The predicted octanol–water partition coefficient (Wildman–Crippen LogP) is 3.55. The number of halogens is 1. The van der Waals surface area contributed by atoms with Gasteiger partial charge in [-0.25, -0.2) is 4.79 Å². The number of aromatic amines is 1. The lowest BCUT2D eigenvalue weighted by Crippen LogP contribution is -2.55. The minimum Gasteiger partial charge on any atom is -0.360 e. The molecule has 2 saturated heterocycles. The van der Waals surface area contributed by atoms with Gasteiger partial charge in [0.15, 0.2) is 0 Å². The van der Waals surface area contributed by atoms with Gasteiger partial charge in [-0.05, 0) is 36.6 Å². The first-order valence-electron chi connectivity index (χ1n) is 10.2. The number of fused-ring (bicyclic) bond motifs is 1. The summed E-state index contributed by atoms with van der Waals surface area (Å²) in [4.78, 5) is 44.9. The molecule has 31 heavy (non-hydrogen) atoms. The number of nitrogens with one attached hydrogen (secondary N) is 2. The summed E-state index contributed by atoms with van der Waals surface area (Å²) in [5.41, 5.74) is 1.42. The summed E-state index contributed by atoms with van der Waals surface area (Å²) in [6, 6.07) is 14.4. The molecule has 4 amide bonds. The van der Waals surface area contributed by atoms with Crippen LogP contribution in [0, 0.1) is 0 Å². The first kappa shape index (κ1) is 19.6. The van der Waals surface area contributed by atoms with E-state index >= 15 is 0 Å². The van der Waals surface area contributed by atoms with Crippen molar-refractivity contribution in [1.29, 1.82) is 0 Å². The van der Waals surface area contributed by atoms with E-state index in [2.05, 4.69) is 10.3 Å². The Balaban J connectivity index is 1.29. The third-order valence-electron chi connectivity index (χ3n) is 6.22. The number of hydrogen-bond donors (Lipinski definition) is 2. The second-order valence-corrected chi connectivity index (χ2v) is 8.51. The maximum atomic E-state index is 13.2. The first-order chi connectivity index (χ1) is 15.0.